The number of para-hydroxylation sites is 2. The third kappa shape index (κ3) is 4.96. The van der Waals surface area contributed by atoms with Crippen LogP contribution in [0.3, 0.4) is 0 Å². The van der Waals surface area contributed by atoms with E-state index in [-0.39, 0.29) is 0 Å². The van der Waals surface area contributed by atoms with Crippen LogP contribution < -0.4 is 15.0 Å². The zero-order chi connectivity index (χ0) is 16.5. The monoisotopic (exact) mass is 336 g/mol. The highest BCUT2D eigenvalue weighted by molar-refractivity contribution is 7.98. The molecule has 0 spiro atoms. The van der Waals surface area contributed by atoms with Crippen LogP contribution in [0.1, 0.15) is 6.42 Å². The fourth-order valence-corrected chi connectivity index (χ4v) is 3.23. The highest BCUT2D eigenvalue weighted by atomic mass is 32.2. The largest absolute Gasteiger partial charge is 0.495 e. The quantitative estimate of drug-likeness (QED) is 0.490. The molecule has 1 aliphatic rings. The van der Waals surface area contributed by atoms with Crippen molar-refractivity contribution in [3.8, 4) is 5.75 Å². The van der Waals surface area contributed by atoms with Gasteiger partial charge in [-0.05, 0) is 30.6 Å². The molecule has 2 rings (SSSR count). The Balaban J connectivity index is 1.87. The molecule has 0 atom stereocenters. The van der Waals surface area contributed by atoms with Crippen molar-refractivity contribution in [2.75, 3.05) is 63.8 Å². The minimum atomic E-state index is 0.945. The van der Waals surface area contributed by atoms with Crippen LogP contribution in [0.15, 0.2) is 29.3 Å². The molecule has 1 N–H and O–H groups in total. The van der Waals surface area contributed by atoms with E-state index in [0.717, 1.165) is 44.4 Å². The lowest BCUT2D eigenvalue weighted by molar-refractivity contribution is 0.367. The first-order chi connectivity index (χ1) is 11.3. The van der Waals surface area contributed by atoms with Crippen molar-refractivity contribution in [1.29, 1.82) is 0 Å². The van der Waals surface area contributed by atoms with Crippen LogP contribution in [0.4, 0.5) is 5.69 Å². The van der Waals surface area contributed by atoms with E-state index in [9.17, 15) is 0 Å². The van der Waals surface area contributed by atoms with Crippen molar-refractivity contribution in [3.63, 3.8) is 0 Å². The Morgan fingerprint density at radius 3 is 2.65 bits per heavy atom. The predicted molar refractivity (Wildman–Crippen MR) is 101 cm³/mol. The van der Waals surface area contributed by atoms with Gasteiger partial charge < -0.3 is 19.9 Å². The number of methoxy groups -OCH3 is 1. The molecule has 0 saturated carbocycles. The molecular weight excluding hydrogens is 308 g/mol. The molecule has 1 saturated heterocycles. The van der Waals surface area contributed by atoms with Gasteiger partial charge in [0.25, 0.3) is 0 Å². The van der Waals surface area contributed by atoms with Crippen molar-refractivity contribution >= 4 is 23.4 Å². The summed E-state index contributed by atoms with van der Waals surface area (Å²) >= 11 is 1.89. The highest BCUT2D eigenvalue weighted by Crippen LogP contribution is 2.28. The Kier molecular flexibility index (Phi) is 7.39. The van der Waals surface area contributed by atoms with Crippen LogP contribution in [-0.2, 0) is 0 Å². The smallest absolute Gasteiger partial charge is 0.193 e. The number of benzene rings is 1. The summed E-state index contributed by atoms with van der Waals surface area (Å²) in [4.78, 5) is 9.15. The Hall–Kier alpha value is -1.56. The number of guanidine groups is 1. The van der Waals surface area contributed by atoms with Crippen LogP contribution in [0.25, 0.3) is 0 Å². The standard InChI is InChI=1S/C17H28N4OS/c1-18-17(19-9-6-14-23-3)21-12-10-20(11-13-21)15-7-4-5-8-16(15)22-2/h4-5,7-8H,6,9-14H2,1-3H3,(H,18,19). The van der Waals surface area contributed by atoms with Gasteiger partial charge in [0.1, 0.15) is 5.75 Å². The summed E-state index contributed by atoms with van der Waals surface area (Å²) in [5, 5.41) is 3.47. The molecule has 1 heterocycles. The lowest BCUT2D eigenvalue weighted by Crippen LogP contribution is -2.52. The van der Waals surface area contributed by atoms with Gasteiger partial charge in [-0.3, -0.25) is 4.99 Å². The van der Waals surface area contributed by atoms with Crippen molar-refractivity contribution < 1.29 is 4.74 Å². The van der Waals surface area contributed by atoms with Crippen LogP contribution in [0.2, 0.25) is 0 Å². The van der Waals surface area contributed by atoms with Gasteiger partial charge in [0, 0.05) is 39.8 Å². The van der Waals surface area contributed by atoms with E-state index in [1.807, 2.05) is 30.9 Å². The molecule has 0 radical (unpaired) electrons. The maximum absolute atomic E-state index is 5.48. The second kappa shape index (κ2) is 9.55. The molecule has 5 nitrogen and oxygen atoms in total. The van der Waals surface area contributed by atoms with Gasteiger partial charge in [0.2, 0.25) is 0 Å². The van der Waals surface area contributed by atoms with E-state index in [2.05, 4.69) is 38.5 Å². The van der Waals surface area contributed by atoms with Crippen molar-refractivity contribution in [1.82, 2.24) is 10.2 Å². The average molecular weight is 337 g/mol. The first-order valence-electron chi connectivity index (χ1n) is 8.12. The van der Waals surface area contributed by atoms with E-state index in [1.165, 1.54) is 17.9 Å². The predicted octanol–water partition coefficient (Wildman–Crippen LogP) is 2.15. The molecule has 1 aliphatic heterocycles. The molecule has 0 amide bonds. The number of rotatable bonds is 6. The molecule has 23 heavy (non-hydrogen) atoms. The summed E-state index contributed by atoms with van der Waals surface area (Å²) in [5.41, 5.74) is 1.18. The lowest BCUT2D eigenvalue weighted by atomic mass is 10.2. The summed E-state index contributed by atoms with van der Waals surface area (Å²) in [6.07, 6.45) is 3.31. The lowest BCUT2D eigenvalue weighted by Gasteiger charge is -2.38. The zero-order valence-electron chi connectivity index (χ0n) is 14.4. The van der Waals surface area contributed by atoms with E-state index in [4.69, 9.17) is 4.74 Å². The van der Waals surface area contributed by atoms with Crippen molar-refractivity contribution in [2.45, 2.75) is 6.42 Å². The maximum Gasteiger partial charge on any atom is 0.193 e. The van der Waals surface area contributed by atoms with Gasteiger partial charge in [0.05, 0.1) is 12.8 Å². The van der Waals surface area contributed by atoms with Gasteiger partial charge in [-0.15, -0.1) is 0 Å². The first-order valence-corrected chi connectivity index (χ1v) is 9.52. The Morgan fingerprint density at radius 1 is 1.26 bits per heavy atom. The molecule has 6 heteroatoms. The number of hydrogen-bond donors (Lipinski definition) is 1. The maximum atomic E-state index is 5.48. The molecule has 0 unspecified atom stereocenters. The number of hydrogen-bond acceptors (Lipinski definition) is 4. The number of piperazine rings is 1. The van der Waals surface area contributed by atoms with Crippen LogP contribution in [0, 0.1) is 0 Å². The molecule has 1 aromatic carbocycles. The van der Waals surface area contributed by atoms with E-state index in [1.54, 1.807) is 7.11 Å². The Labute approximate surface area is 144 Å². The second-order valence-corrected chi connectivity index (χ2v) is 6.45. The zero-order valence-corrected chi connectivity index (χ0v) is 15.2. The molecule has 128 valence electrons. The number of ether oxygens (including phenoxy) is 1. The summed E-state index contributed by atoms with van der Waals surface area (Å²) < 4.78 is 5.48. The Bertz CT molecular complexity index is 501. The summed E-state index contributed by atoms with van der Waals surface area (Å²) in [6, 6.07) is 8.23. The highest BCUT2D eigenvalue weighted by Gasteiger charge is 2.21. The number of aliphatic imine (C=N–C) groups is 1. The molecule has 1 fully saturated rings. The van der Waals surface area contributed by atoms with Gasteiger partial charge in [-0.2, -0.15) is 11.8 Å². The van der Waals surface area contributed by atoms with Crippen LogP contribution in [0.5, 0.6) is 5.75 Å². The SMILES string of the molecule is CN=C(NCCCSC)N1CCN(c2ccccc2OC)CC1. The molecule has 0 bridgehead atoms. The van der Waals surface area contributed by atoms with Gasteiger partial charge >= 0.3 is 0 Å². The minimum Gasteiger partial charge on any atom is -0.495 e. The van der Waals surface area contributed by atoms with E-state index < -0.39 is 0 Å². The van der Waals surface area contributed by atoms with Gasteiger partial charge in [-0.1, -0.05) is 12.1 Å². The molecular formula is C17H28N4OS. The minimum absolute atomic E-state index is 0.945. The van der Waals surface area contributed by atoms with Crippen molar-refractivity contribution in [2.24, 2.45) is 4.99 Å². The summed E-state index contributed by atoms with van der Waals surface area (Å²) in [6.45, 7) is 4.89. The number of nitrogens with zero attached hydrogens (tertiary/aromatic N) is 3. The van der Waals surface area contributed by atoms with Crippen LogP contribution >= 0.6 is 11.8 Å². The number of nitrogens with one attached hydrogen (secondary N) is 1. The van der Waals surface area contributed by atoms with Crippen LogP contribution in [-0.4, -0.2) is 69.7 Å². The van der Waals surface area contributed by atoms with Gasteiger partial charge in [0.15, 0.2) is 5.96 Å². The summed E-state index contributed by atoms with van der Waals surface area (Å²) in [5.74, 6) is 3.15. The fourth-order valence-electron chi connectivity index (χ4n) is 2.80. The van der Waals surface area contributed by atoms with Crippen molar-refractivity contribution in [3.05, 3.63) is 24.3 Å². The van der Waals surface area contributed by atoms with E-state index in [0.29, 0.717) is 0 Å². The topological polar surface area (TPSA) is 40.1 Å². The molecule has 0 aromatic heterocycles. The third-order valence-corrected chi connectivity index (χ3v) is 4.72. The number of thioether (sulfide) groups is 1. The molecule has 1 aromatic rings. The normalized spacial score (nSPS) is 15.7. The summed E-state index contributed by atoms with van der Waals surface area (Å²) in [7, 11) is 3.60. The fraction of sp³-hybridized carbons (Fsp3) is 0.588. The van der Waals surface area contributed by atoms with Gasteiger partial charge in [-0.25, -0.2) is 0 Å². The second-order valence-electron chi connectivity index (χ2n) is 5.47. The number of anilines is 1. The Morgan fingerprint density at radius 2 is 2.00 bits per heavy atom. The first kappa shape index (κ1) is 17.8. The van der Waals surface area contributed by atoms with E-state index >= 15 is 0 Å². The molecule has 0 aliphatic carbocycles. The third-order valence-electron chi connectivity index (χ3n) is 4.03. The average Bonchev–Trinajstić information content (AvgIpc) is 2.62.